The van der Waals surface area contributed by atoms with Crippen molar-refractivity contribution in [3.8, 4) is 0 Å². The fourth-order valence-corrected chi connectivity index (χ4v) is 2.51. The van der Waals surface area contributed by atoms with Crippen molar-refractivity contribution in [1.29, 1.82) is 0 Å². The molecule has 0 atom stereocenters. The first kappa shape index (κ1) is 18.5. The first-order valence-corrected chi connectivity index (χ1v) is 8.40. The van der Waals surface area contributed by atoms with E-state index in [1.54, 1.807) is 36.4 Å². The molecule has 0 bridgehead atoms. The summed E-state index contributed by atoms with van der Waals surface area (Å²) in [4.78, 5) is 27.6. The number of hydrogen-bond acceptors (Lipinski definition) is 4. The van der Waals surface area contributed by atoms with Crippen LogP contribution in [0.5, 0.6) is 0 Å². The second-order valence-electron chi connectivity index (χ2n) is 5.77. The molecule has 0 aliphatic carbocycles. The minimum absolute atomic E-state index is 0.000948. The SMILES string of the molecule is CC(=O)c1ccc(Nc2ccc(C(=O)Nc3ccc(F)c(Cl)c3)nc2)cc1. The summed E-state index contributed by atoms with van der Waals surface area (Å²) in [5.74, 6) is -0.990. The van der Waals surface area contributed by atoms with Crippen LogP contribution < -0.4 is 10.6 Å². The van der Waals surface area contributed by atoms with Gasteiger partial charge in [-0.3, -0.25) is 9.59 Å². The maximum absolute atomic E-state index is 13.2. The smallest absolute Gasteiger partial charge is 0.274 e. The van der Waals surface area contributed by atoms with E-state index in [0.717, 1.165) is 5.69 Å². The van der Waals surface area contributed by atoms with Gasteiger partial charge in [0.2, 0.25) is 0 Å². The average molecular weight is 384 g/mol. The van der Waals surface area contributed by atoms with Crippen LogP contribution >= 0.6 is 11.6 Å². The predicted molar refractivity (Wildman–Crippen MR) is 103 cm³/mol. The number of anilines is 3. The number of carbonyl (C=O) groups excluding carboxylic acids is 2. The number of aromatic nitrogens is 1. The molecule has 0 saturated heterocycles. The van der Waals surface area contributed by atoms with Crippen LogP contribution in [0.4, 0.5) is 21.5 Å². The van der Waals surface area contributed by atoms with Gasteiger partial charge in [0.15, 0.2) is 5.78 Å². The highest BCUT2D eigenvalue weighted by molar-refractivity contribution is 6.31. The standard InChI is InChI=1S/C20H15ClFN3O2/c1-12(26)13-2-4-14(5-3-13)24-16-7-9-19(23-11-16)20(27)25-15-6-8-18(22)17(21)10-15/h2-11,24H,1H3,(H,25,27). The number of rotatable bonds is 5. The van der Waals surface area contributed by atoms with Crippen LogP contribution in [0.15, 0.2) is 60.8 Å². The first-order valence-electron chi connectivity index (χ1n) is 8.03. The van der Waals surface area contributed by atoms with E-state index in [9.17, 15) is 14.0 Å². The van der Waals surface area contributed by atoms with Crippen molar-refractivity contribution in [2.75, 3.05) is 10.6 Å². The molecule has 3 aromatic rings. The molecular formula is C20H15ClFN3O2. The van der Waals surface area contributed by atoms with Crippen LogP contribution in [0.3, 0.4) is 0 Å². The highest BCUT2D eigenvalue weighted by Gasteiger charge is 2.09. The van der Waals surface area contributed by atoms with Gasteiger partial charge in [-0.25, -0.2) is 9.37 Å². The number of hydrogen-bond donors (Lipinski definition) is 2. The topological polar surface area (TPSA) is 71.1 Å². The Morgan fingerprint density at radius 3 is 2.22 bits per heavy atom. The average Bonchev–Trinajstić information content (AvgIpc) is 2.66. The maximum atomic E-state index is 13.2. The van der Waals surface area contributed by atoms with Crippen LogP contribution in [0.2, 0.25) is 5.02 Å². The lowest BCUT2D eigenvalue weighted by molar-refractivity contribution is 0.101. The van der Waals surface area contributed by atoms with Gasteiger partial charge in [-0.15, -0.1) is 0 Å². The van der Waals surface area contributed by atoms with E-state index in [2.05, 4.69) is 15.6 Å². The highest BCUT2D eigenvalue weighted by atomic mass is 35.5. The van der Waals surface area contributed by atoms with Crippen LogP contribution in [0, 0.1) is 5.82 Å². The summed E-state index contributed by atoms with van der Waals surface area (Å²) in [5.41, 5.74) is 2.69. The van der Waals surface area contributed by atoms with Crippen molar-refractivity contribution in [2.45, 2.75) is 6.92 Å². The van der Waals surface area contributed by atoms with Gasteiger partial charge in [0.25, 0.3) is 5.91 Å². The van der Waals surface area contributed by atoms with E-state index in [0.29, 0.717) is 16.9 Å². The predicted octanol–water partition coefficient (Wildman–Crippen LogP) is 5.07. The third kappa shape index (κ3) is 4.68. The molecule has 2 N–H and O–H groups in total. The molecular weight excluding hydrogens is 369 g/mol. The molecule has 3 rings (SSSR count). The van der Waals surface area contributed by atoms with Gasteiger partial charge in [0.05, 0.1) is 16.9 Å². The second-order valence-corrected chi connectivity index (χ2v) is 6.18. The zero-order valence-corrected chi connectivity index (χ0v) is 15.0. The molecule has 27 heavy (non-hydrogen) atoms. The molecule has 1 aromatic heterocycles. The summed E-state index contributed by atoms with van der Waals surface area (Å²) >= 11 is 5.70. The number of Topliss-reactive ketones (excluding diaryl/α,β-unsaturated/α-hetero) is 1. The molecule has 0 saturated carbocycles. The minimum Gasteiger partial charge on any atom is -0.354 e. The molecule has 2 aromatic carbocycles. The monoisotopic (exact) mass is 383 g/mol. The van der Waals surface area contributed by atoms with Crippen LogP contribution in [0.1, 0.15) is 27.8 Å². The zero-order chi connectivity index (χ0) is 19.4. The first-order chi connectivity index (χ1) is 12.9. The highest BCUT2D eigenvalue weighted by Crippen LogP contribution is 2.20. The number of nitrogens with one attached hydrogen (secondary N) is 2. The largest absolute Gasteiger partial charge is 0.354 e. The minimum atomic E-state index is -0.556. The lowest BCUT2D eigenvalue weighted by Gasteiger charge is -2.08. The lowest BCUT2D eigenvalue weighted by atomic mass is 10.1. The molecule has 136 valence electrons. The van der Waals surface area contributed by atoms with Crippen LogP contribution in [-0.4, -0.2) is 16.7 Å². The van der Waals surface area contributed by atoms with E-state index < -0.39 is 11.7 Å². The van der Waals surface area contributed by atoms with Gasteiger partial charge in [0, 0.05) is 16.9 Å². The quantitative estimate of drug-likeness (QED) is 0.603. The Kier molecular flexibility index (Phi) is 5.47. The Morgan fingerprint density at radius 2 is 1.63 bits per heavy atom. The Bertz CT molecular complexity index is 989. The molecule has 0 aliphatic rings. The van der Waals surface area contributed by atoms with Crippen molar-refractivity contribution >= 4 is 40.4 Å². The summed E-state index contributed by atoms with van der Waals surface area (Å²) in [6.45, 7) is 1.51. The molecule has 0 radical (unpaired) electrons. The normalized spacial score (nSPS) is 10.3. The van der Waals surface area contributed by atoms with Crippen LogP contribution in [-0.2, 0) is 0 Å². The summed E-state index contributed by atoms with van der Waals surface area (Å²) in [7, 11) is 0. The second kappa shape index (κ2) is 7.97. The molecule has 0 aliphatic heterocycles. The third-order valence-corrected chi connectivity index (χ3v) is 4.04. The molecule has 5 nitrogen and oxygen atoms in total. The summed E-state index contributed by atoms with van der Waals surface area (Å²) in [6, 6.07) is 14.2. The number of halogens is 2. The number of ketones is 1. The fourth-order valence-electron chi connectivity index (χ4n) is 2.33. The Hall–Kier alpha value is -3.25. The number of benzene rings is 2. The zero-order valence-electron chi connectivity index (χ0n) is 14.3. The van der Waals surface area contributed by atoms with Gasteiger partial charge < -0.3 is 10.6 Å². The van der Waals surface area contributed by atoms with Gasteiger partial charge in [-0.05, 0) is 61.5 Å². The van der Waals surface area contributed by atoms with Crippen molar-refractivity contribution in [2.24, 2.45) is 0 Å². The van der Waals surface area contributed by atoms with E-state index in [4.69, 9.17) is 11.6 Å². The Morgan fingerprint density at radius 1 is 0.963 bits per heavy atom. The molecule has 1 heterocycles. The third-order valence-electron chi connectivity index (χ3n) is 3.75. The Balaban J connectivity index is 1.66. The molecule has 0 unspecified atom stereocenters. The number of carbonyl (C=O) groups is 2. The molecule has 1 amide bonds. The molecule has 7 heteroatoms. The fraction of sp³-hybridized carbons (Fsp3) is 0.0500. The molecule has 0 fully saturated rings. The summed E-state index contributed by atoms with van der Waals surface area (Å²) in [5, 5.41) is 5.67. The summed E-state index contributed by atoms with van der Waals surface area (Å²) < 4.78 is 13.2. The van der Waals surface area contributed by atoms with Crippen molar-refractivity contribution in [3.05, 3.63) is 82.9 Å². The molecule has 0 spiro atoms. The lowest BCUT2D eigenvalue weighted by Crippen LogP contribution is -2.13. The van der Waals surface area contributed by atoms with Gasteiger partial charge >= 0.3 is 0 Å². The number of pyridine rings is 1. The summed E-state index contributed by atoms with van der Waals surface area (Å²) in [6.07, 6.45) is 1.52. The van der Waals surface area contributed by atoms with E-state index in [1.165, 1.54) is 31.3 Å². The van der Waals surface area contributed by atoms with Gasteiger partial charge in [-0.1, -0.05) is 11.6 Å². The van der Waals surface area contributed by atoms with Crippen molar-refractivity contribution in [1.82, 2.24) is 4.98 Å². The van der Waals surface area contributed by atoms with E-state index >= 15 is 0 Å². The van der Waals surface area contributed by atoms with Crippen LogP contribution in [0.25, 0.3) is 0 Å². The maximum Gasteiger partial charge on any atom is 0.274 e. The van der Waals surface area contributed by atoms with Crippen molar-refractivity contribution in [3.63, 3.8) is 0 Å². The van der Waals surface area contributed by atoms with Gasteiger partial charge in [0.1, 0.15) is 11.5 Å². The van der Waals surface area contributed by atoms with E-state index in [-0.39, 0.29) is 16.5 Å². The Labute approximate surface area is 160 Å². The number of amides is 1. The van der Waals surface area contributed by atoms with E-state index in [1.807, 2.05) is 0 Å². The van der Waals surface area contributed by atoms with Gasteiger partial charge in [-0.2, -0.15) is 0 Å². The van der Waals surface area contributed by atoms with Crippen molar-refractivity contribution < 1.29 is 14.0 Å². The number of nitrogens with zero attached hydrogens (tertiary/aromatic N) is 1.